The van der Waals surface area contributed by atoms with E-state index < -0.39 is 24.5 Å². The maximum Gasteiger partial charge on any atom is 0.338 e. The van der Waals surface area contributed by atoms with Crippen molar-refractivity contribution < 1.29 is 28.6 Å². The second-order valence-electron chi connectivity index (χ2n) is 6.30. The Morgan fingerprint density at radius 1 is 1.00 bits per heavy atom. The highest BCUT2D eigenvalue weighted by atomic mass is 16.5. The molecule has 0 fully saturated rings. The molecule has 0 heterocycles. The van der Waals surface area contributed by atoms with Gasteiger partial charge in [-0.2, -0.15) is 0 Å². The Hall–Kier alpha value is -3.35. The van der Waals surface area contributed by atoms with E-state index in [4.69, 9.17) is 14.2 Å². The van der Waals surface area contributed by atoms with Crippen LogP contribution >= 0.6 is 0 Å². The SMILES string of the molecule is CCCCOC(=O)c1ccc(NC(=O)COC(=O)Cc2cccc(OC)c2)cc1. The van der Waals surface area contributed by atoms with E-state index in [2.05, 4.69) is 5.32 Å². The Balaban J connectivity index is 1.76. The number of nitrogens with one attached hydrogen (secondary N) is 1. The fourth-order valence-corrected chi connectivity index (χ4v) is 2.43. The third-order valence-corrected chi connectivity index (χ3v) is 3.98. The average molecular weight is 399 g/mol. The Kier molecular flexibility index (Phi) is 8.69. The molecule has 0 aliphatic rings. The van der Waals surface area contributed by atoms with Crippen LogP contribution in [0.3, 0.4) is 0 Å². The van der Waals surface area contributed by atoms with Gasteiger partial charge in [0.15, 0.2) is 6.61 Å². The zero-order valence-electron chi connectivity index (χ0n) is 16.6. The van der Waals surface area contributed by atoms with Gasteiger partial charge >= 0.3 is 11.9 Å². The highest BCUT2D eigenvalue weighted by molar-refractivity contribution is 5.94. The van der Waals surface area contributed by atoms with Crippen molar-refractivity contribution in [1.29, 1.82) is 0 Å². The molecule has 2 rings (SSSR count). The molecular weight excluding hydrogens is 374 g/mol. The minimum Gasteiger partial charge on any atom is -0.497 e. The zero-order chi connectivity index (χ0) is 21.1. The molecule has 0 aromatic heterocycles. The van der Waals surface area contributed by atoms with Gasteiger partial charge < -0.3 is 19.5 Å². The van der Waals surface area contributed by atoms with Crippen LogP contribution in [-0.4, -0.2) is 38.2 Å². The van der Waals surface area contributed by atoms with Crippen LogP contribution in [0.1, 0.15) is 35.7 Å². The van der Waals surface area contributed by atoms with Gasteiger partial charge in [-0.15, -0.1) is 0 Å². The summed E-state index contributed by atoms with van der Waals surface area (Å²) < 4.78 is 15.2. The van der Waals surface area contributed by atoms with Gasteiger partial charge in [0.2, 0.25) is 0 Å². The van der Waals surface area contributed by atoms with Crippen molar-refractivity contribution in [2.24, 2.45) is 0 Å². The van der Waals surface area contributed by atoms with Gasteiger partial charge in [-0.25, -0.2) is 4.79 Å². The maximum absolute atomic E-state index is 12.0. The van der Waals surface area contributed by atoms with E-state index in [0.717, 1.165) is 18.4 Å². The first kappa shape index (κ1) is 21.9. The molecule has 7 nitrogen and oxygen atoms in total. The van der Waals surface area contributed by atoms with Gasteiger partial charge in [-0.1, -0.05) is 25.5 Å². The first-order valence-electron chi connectivity index (χ1n) is 9.37. The lowest BCUT2D eigenvalue weighted by Gasteiger charge is -2.08. The number of hydrogen-bond donors (Lipinski definition) is 1. The molecule has 1 N–H and O–H groups in total. The largest absolute Gasteiger partial charge is 0.497 e. The van der Waals surface area contributed by atoms with Crippen molar-refractivity contribution in [3.05, 3.63) is 59.7 Å². The molecule has 0 radical (unpaired) electrons. The molecule has 0 spiro atoms. The van der Waals surface area contributed by atoms with E-state index in [0.29, 0.717) is 23.6 Å². The summed E-state index contributed by atoms with van der Waals surface area (Å²) in [6, 6.07) is 13.4. The lowest BCUT2D eigenvalue weighted by Crippen LogP contribution is -2.21. The van der Waals surface area contributed by atoms with Crippen molar-refractivity contribution in [1.82, 2.24) is 0 Å². The number of carbonyl (C=O) groups is 3. The lowest BCUT2D eigenvalue weighted by molar-refractivity contribution is -0.146. The zero-order valence-corrected chi connectivity index (χ0v) is 16.6. The quantitative estimate of drug-likeness (QED) is 0.487. The van der Waals surface area contributed by atoms with Gasteiger partial charge in [0, 0.05) is 5.69 Å². The molecule has 7 heteroatoms. The maximum atomic E-state index is 12.0. The smallest absolute Gasteiger partial charge is 0.338 e. The van der Waals surface area contributed by atoms with Gasteiger partial charge in [0.05, 0.1) is 25.7 Å². The van der Waals surface area contributed by atoms with Crippen LogP contribution in [0.15, 0.2) is 48.5 Å². The van der Waals surface area contributed by atoms with E-state index in [1.807, 2.05) is 6.92 Å². The Morgan fingerprint density at radius 3 is 2.45 bits per heavy atom. The minimum atomic E-state index is -0.515. The lowest BCUT2D eigenvalue weighted by atomic mass is 10.1. The van der Waals surface area contributed by atoms with Crippen LogP contribution in [0, 0.1) is 0 Å². The van der Waals surface area contributed by atoms with E-state index in [-0.39, 0.29) is 6.42 Å². The first-order chi connectivity index (χ1) is 14.0. The van der Waals surface area contributed by atoms with Crippen LogP contribution in [0.5, 0.6) is 5.75 Å². The summed E-state index contributed by atoms with van der Waals surface area (Å²) in [7, 11) is 1.55. The molecule has 29 heavy (non-hydrogen) atoms. The van der Waals surface area contributed by atoms with Gasteiger partial charge in [-0.05, 0) is 48.4 Å². The first-order valence-corrected chi connectivity index (χ1v) is 9.37. The molecule has 0 unspecified atom stereocenters. The highest BCUT2D eigenvalue weighted by Crippen LogP contribution is 2.14. The summed E-state index contributed by atoms with van der Waals surface area (Å²) in [6.45, 7) is 2.00. The summed E-state index contributed by atoms with van der Waals surface area (Å²) in [5.41, 5.74) is 1.63. The van der Waals surface area contributed by atoms with Gasteiger partial charge in [-0.3, -0.25) is 9.59 Å². The second-order valence-corrected chi connectivity index (χ2v) is 6.30. The second kappa shape index (κ2) is 11.5. The standard InChI is InChI=1S/C22H25NO6/c1-3-4-12-28-22(26)17-8-10-18(11-9-17)23-20(24)15-29-21(25)14-16-6-5-7-19(13-16)27-2/h5-11,13H,3-4,12,14-15H2,1-2H3,(H,23,24). The number of esters is 2. The van der Waals surface area contributed by atoms with Crippen LogP contribution in [0.2, 0.25) is 0 Å². The van der Waals surface area contributed by atoms with E-state index in [9.17, 15) is 14.4 Å². The Bertz CT molecular complexity index is 831. The van der Waals surface area contributed by atoms with Crippen molar-refractivity contribution >= 4 is 23.5 Å². The Labute approximate surface area is 170 Å². The normalized spacial score (nSPS) is 10.1. The van der Waals surface area contributed by atoms with Gasteiger partial charge in [0.25, 0.3) is 5.91 Å². The number of benzene rings is 2. The number of amides is 1. The summed E-state index contributed by atoms with van der Waals surface area (Å²) in [5.74, 6) is -0.741. The van der Waals surface area contributed by atoms with Gasteiger partial charge in [0.1, 0.15) is 5.75 Å². The third kappa shape index (κ3) is 7.65. The van der Waals surface area contributed by atoms with E-state index >= 15 is 0 Å². The molecule has 2 aromatic rings. The molecule has 0 aliphatic carbocycles. The summed E-state index contributed by atoms with van der Waals surface area (Å²) in [5, 5.41) is 2.61. The molecule has 0 saturated carbocycles. The molecule has 154 valence electrons. The minimum absolute atomic E-state index is 0.0410. The number of carbonyl (C=O) groups excluding carboxylic acids is 3. The molecule has 0 aliphatic heterocycles. The molecule has 2 aromatic carbocycles. The number of anilines is 1. The molecule has 0 saturated heterocycles. The van der Waals surface area contributed by atoms with Crippen molar-refractivity contribution in [2.75, 3.05) is 25.6 Å². The topological polar surface area (TPSA) is 90.9 Å². The van der Waals surface area contributed by atoms with Crippen molar-refractivity contribution in [3.8, 4) is 5.75 Å². The van der Waals surface area contributed by atoms with Crippen LogP contribution in [0.4, 0.5) is 5.69 Å². The predicted octanol–water partition coefficient (Wildman–Crippen LogP) is 3.38. The van der Waals surface area contributed by atoms with Crippen molar-refractivity contribution in [3.63, 3.8) is 0 Å². The number of rotatable bonds is 10. The van der Waals surface area contributed by atoms with E-state index in [1.165, 1.54) is 0 Å². The molecular formula is C22H25NO6. The number of ether oxygens (including phenoxy) is 3. The summed E-state index contributed by atoms with van der Waals surface area (Å²) >= 11 is 0. The number of unbranched alkanes of at least 4 members (excludes halogenated alkanes) is 1. The Morgan fingerprint density at radius 2 is 1.76 bits per heavy atom. The molecule has 1 amide bonds. The molecule has 0 atom stereocenters. The van der Waals surface area contributed by atoms with Crippen LogP contribution in [-0.2, 0) is 25.5 Å². The average Bonchev–Trinajstić information content (AvgIpc) is 2.73. The fraction of sp³-hybridized carbons (Fsp3) is 0.318. The van der Waals surface area contributed by atoms with Crippen molar-refractivity contribution in [2.45, 2.75) is 26.2 Å². The molecule has 0 bridgehead atoms. The number of methoxy groups -OCH3 is 1. The van der Waals surface area contributed by atoms with E-state index in [1.54, 1.807) is 55.6 Å². The monoisotopic (exact) mass is 399 g/mol. The summed E-state index contributed by atoms with van der Waals surface area (Å²) in [4.78, 5) is 35.7. The highest BCUT2D eigenvalue weighted by Gasteiger charge is 2.11. The predicted molar refractivity (Wildman–Crippen MR) is 108 cm³/mol. The number of hydrogen-bond acceptors (Lipinski definition) is 6. The summed E-state index contributed by atoms with van der Waals surface area (Å²) in [6.07, 6.45) is 1.80. The van der Waals surface area contributed by atoms with Crippen LogP contribution < -0.4 is 10.1 Å². The third-order valence-electron chi connectivity index (χ3n) is 3.98. The fourth-order valence-electron chi connectivity index (χ4n) is 2.43. The van der Waals surface area contributed by atoms with Crippen LogP contribution in [0.25, 0.3) is 0 Å².